The zero-order valence-corrected chi connectivity index (χ0v) is 15.2. The molecule has 1 aromatic rings. The molecule has 0 radical (unpaired) electrons. The van der Waals surface area contributed by atoms with E-state index in [2.05, 4.69) is 32.5 Å². The summed E-state index contributed by atoms with van der Waals surface area (Å²) in [6, 6.07) is 0.333. The summed E-state index contributed by atoms with van der Waals surface area (Å²) in [5.41, 5.74) is 0. The van der Waals surface area contributed by atoms with Gasteiger partial charge in [0.25, 0.3) is 5.91 Å². The molecule has 1 saturated carbocycles. The normalized spacial score (nSPS) is 23.0. The van der Waals surface area contributed by atoms with E-state index < -0.39 is 0 Å². The Bertz CT molecular complexity index is 720. The number of amidine groups is 2. The lowest BCUT2D eigenvalue weighted by atomic mass is 10.1. The predicted molar refractivity (Wildman–Crippen MR) is 98.3 cm³/mol. The molecule has 0 spiro atoms. The van der Waals surface area contributed by atoms with Crippen LogP contribution in [0.2, 0.25) is 0 Å². The molecule has 1 atom stereocenters. The number of hydrogen-bond donors (Lipinski definition) is 2. The lowest BCUT2D eigenvalue weighted by Crippen LogP contribution is -2.25. The van der Waals surface area contributed by atoms with Crippen molar-refractivity contribution in [3.8, 4) is 0 Å². The number of nitrogens with zero attached hydrogens (tertiary/aromatic N) is 3. The van der Waals surface area contributed by atoms with E-state index in [1.807, 2.05) is 13.0 Å². The molecule has 1 amide bonds. The molecule has 1 aliphatic heterocycles. The van der Waals surface area contributed by atoms with Gasteiger partial charge >= 0.3 is 0 Å². The number of carbonyl (C=O) groups is 1. The third-order valence-electron chi connectivity index (χ3n) is 3.78. The molecule has 24 heavy (non-hydrogen) atoms. The van der Waals surface area contributed by atoms with Crippen molar-refractivity contribution in [2.75, 3.05) is 0 Å². The SMILES string of the molecule is CCC1=NC(=Nc2ncc(C(=O)NC3CC3)s2)C(C)CC=C(Cl)N1. The second-order valence-corrected chi connectivity index (χ2v) is 7.37. The van der Waals surface area contributed by atoms with Crippen molar-refractivity contribution < 1.29 is 4.79 Å². The first-order chi connectivity index (χ1) is 11.5. The van der Waals surface area contributed by atoms with Gasteiger partial charge in [-0.05, 0) is 25.3 Å². The molecule has 8 heteroatoms. The van der Waals surface area contributed by atoms with Gasteiger partial charge in [-0.1, -0.05) is 36.8 Å². The lowest BCUT2D eigenvalue weighted by molar-refractivity contribution is 0.0955. The van der Waals surface area contributed by atoms with Crippen molar-refractivity contribution >= 4 is 45.6 Å². The summed E-state index contributed by atoms with van der Waals surface area (Å²) >= 11 is 7.39. The third kappa shape index (κ3) is 4.42. The van der Waals surface area contributed by atoms with E-state index in [4.69, 9.17) is 11.6 Å². The van der Waals surface area contributed by atoms with Gasteiger partial charge in [0.1, 0.15) is 21.7 Å². The number of allylic oxidation sites excluding steroid dienone is 1. The molecule has 128 valence electrons. The second-order valence-electron chi connectivity index (χ2n) is 5.95. The zero-order valence-electron chi connectivity index (χ0n) is 13.7. The summed E-state index contributed by atoms with van der Waals surface area (Å²) in [7, 11) is 0. The van der Waals surface area contributed by atoms with Gasteiger partial charge in [0.2, 0.25) is 5.13 Å². The fourth-order valence-electron chi connectivity index (χ4n) is 2.16. The fraction of sp³-hybridized carbons (Fsp3) is 0.500. The minimum absolute atomic E-state index is 0.0682. The van der Waals surface area contributed by atoms with Crippen LogP contribution in [0.1, 0.15) is 49.2 Å². The number of thiazole rings is 1. The molecule has 1 fully saturated rings. The van der Waals surface area contributed by atoms with Gasteiger partial charge in [-0.3, -0.25) is 4.79 Å². The number of nitrogens with one attached hydrogen (secondary N) is 2. The summed E-state index contributed by atoms with van der Waals surface area (Å²) < 4.78 is 0. The summed E-state index contributed by atoms with van der Waals surface area (Å²) in [5.74, 6) is 1.52. The van der Waals surface area contributed by atoms with Crippen LogP contribution < -0.4 is 10.6 Å². The monoisotopic (exact) mass is 365 g/mol. The van der Waals surface area contributed by atoms with Gasteiger partial charge in [-0.2, -0.15) is 0 Å². The van der Waals surface area contributed by atoms with Crippen molar-refractivity contribution in [2.45, 2.75) is 45.6 Å². The maximum absolute atomic E-state index is 12.1. The maximum atomic E-state index is 12.1. The molecule has 1 unspecified atom stereocenters. The van der Waals surface area contributed by atoms with E-state index in [1.54, 1.807) is 6.20 Å². The summed E-state index contributed by atoms with van der Waals surface area (Å²) in [4.78, 5) is 26.0. The number of aromatic nitrogens is 1. The molecule has 0 saturated heterocycles. The molecule has 1 aromatic heterocycles. The number of carbonyl (C=O) groups excluding carboxylic acids is 1. The molecule has 2 aliphatic rings. The summed E-state index contributed by atoms with van der Waals surface area (Å²) in [5, 5.41) is 7.17. The van der Waals surface area contributed by atoms with E-state index >= 15 is 0 Å². The Hall–Kier alpha value is -1.73. The van der Waals surface area contributed by atoms with Gasteiger partial charge in [-0.25, -0.2) is 15.0 Å². The molecule has 1 aliphatic carbocycles. The van der Waals surface area contributed by atoms with E-state index in [-0.39, 0.29) is 11.8 Å². The van der Waals surface area contributed by atoms with E-state index in [9.17, 15) is 4.79 Å². The van der Waals surface area contributed by atoms with Crippen molar-refractivity contribution in [3.63, 3.8) is 0 Å². The van der Waals surface area contributed by atoms with E-state index in [0.29, 0.717) is 27.0 Å². The molecule has 6 nitrogen and oxygen atoms in total. The Balaban J connectivity index is 1.80. The number of halogens is 1. The van der Waals surface area contributed by atoms with Crippen molar-refractivity contribution in [1.29, 1.82) is 0 Å². The molecule has 2 heterocycles. The van der Waals surface area contributed by atoms with Gasteiger partial charge in [0.15, 0.2) is 0 Å². The van der Waals surface area contributed by atoms with Gasteiger partial charge in [0.05, 0.1) is 6.20 Å². The van der Waals surface area contributed by atoms with Gasteiger partial charge in [-0.15, -0.1) is 0 Å². The van der Waals surface area contributed by atoms with Crippen molar-refractivity contribution in [2.24, 2.45) is 15.9 Å². The molecule has 3 rings (SSSR count). The first-order valence-corrected chi connectivity index (χ1v) is 9.30. The third-order valence-corrected chi connectivity index (χ3v) is 4.92. The van der Waals surface area contributed by atoms with Crippen LogP contribution in [0.4, 0.5) is 5.13 Å². The van der Waals surface area contributed by atoms with Crippen LogP contribution in [0.25, 0.3) is 0 Å². The largest absolute Gasteiger partial charge is 0.349 e. The summed E-state index contributed by atoms with van der Waals surface area (Å²) in [6.07, 6.45) is 7.11. The molecular weight excluding hydrogens is 346 g/mol. The number of aliphatic imine (C=N–C) groups is 2. The van der Waals surface area contributed by atoms with Crippen molar-refractivity contribution in [3.05, 3.63) is 22.3 Å². The van der Waals surface area contributed by atoms with Crippen LogP contribution >= 0.6 is 22.9 Å². The Morgan fingerprint density at radius 1 is 1.54 bits per heavy atom. The minimum Gasteiger partial charge on any atom is -0.349 e. The highest BCUT2D eigenvalue weighted by atomic mass is 35.5. The topological polar surface area (TPSA) is 78.7 Å². The minimum atomic E-state index is -0.0682. The van der Waals surface area contributed by atoms with Gasteiger partial charge < -0.3 is 10.6 Å². The number of hydrogen-bond acceptors (Lipinski definition) is 5. The first kappa shape index (κ1) is 17.1. The average molecular weight is 366 g/mol. The van der Waals surface area contributed by atoms with Crippen LogP contribution in [0, 0.1) is 5.92 Å². The Kier molecular flexibility index (Phi) is 5.30. The maximum Gasteiger partial charge on any atom is 0.263 e. The highest BCUT2D eigenvalue weighted by Gasteiger charge is 2.24. The highest BCUT2D eigenvalue weighted by molar-refractivity contribution is 7.17. The Labute approximate surface area is 150 Å². The smallest absolute Gasteiger partial charge is 0.263 e. The standard InChI is InChI=1S/C16H20ClN5OS/c1-3-13-20-12(17)7-4-9(2)14(21-13)22-16-18-8-11(24-16)15(23)19-10-5-6-10/h7-10H,3-6H2,1-2H3,(H,19,23)(H,18,20,21,22). The first-order valence-electron chi connectivity index (χ1n) is 8.10. The molecule has 0 aromatic carbocycles. The molecular formula is C16H20ClN5OS. The number of rotatable bonds is 4. The second kappa shape index (κ2) is 7.44. The predicted octanol–water partition coefficient (Wildman–Crippen LogP) is 3.58. The van der Waals surface area contributed by atoms with Crippen molar-refractivity contribution in [1.82, 2.24) is 15.6 Å². The average Bonchev–Trinajstić information content (AvgIpc) is 3.24. The summed E-state index contributed by atoms with van der Waals surface area (Å²) in [6.45, 7) is 4.06. The van der Waals surface area contributed by atoms with Gasteiger partial charge in [0, 0.05) is 18.4 Å². The van der Waals surface area contributed by atoms with Crippen LogP contribution in [0.15, 0.2) is 27.4 Å². The highest BCUT2D eigenvalue weighted by Crippen LogP contribution is 2.25. The fourth-order valence-corrected chi connectivity index (χ4v) is 3.05. The Morgan fingerprint density at radius 3 is 3.04 bits per heavy atom. The lowest BCUT2D eigenvalue weighted by Gasteiger charge is -2.15. The van der Waals surface area contributed by atoms with Crippen LogP contribution in [-0.4, -0.2) is 28.6 Å². The quantitative estimate of drug-likeness (QED) is 0.800. The Morgan fingerprint density at radius 2 is 2.33 bits per heavy atom. The van der Waals surface area contributed by atoms with Crippen LogP contribution in [0.3, 0.4) is 0 Å². The molecule has 0 bridgehead atoms. The van der Waals surface area contributed by atoms with E-state index in [0.717, 1.165) is 31.5 Å². The van der Waals surface area contributed by atoms with Crippen LogP contribution in [0.5, 0.6) is 0 Å². The number of amides is 1. The van der Waals surface area contributed by atoms with Crippen LogP contribution in [-0.2, 0) is 0 Å². The molecule has 2 N–H and O–H groups in total. The van der Waals surface area contributed by atoms with E-state index in [1.165, 1.54) is 11.3 Å². The zero-order chi connectivity index (χ0) is 17.1.